The summed E-state index contributed by atoms with van der Waals surface area (Å²) in [5, 5.41) is 2.92. The number of carbonyl (C=O) groups is 1. The Morgan fingerprint density at radius 2 is 2.05 bits per heavy atom. The maximum Gasteiger partial charge on any atom is 0.228 e. The standard InChI is InChI=1S/C15H28N4OS/c1-11(2)13(16)6-7-19(5)9-12-10-21-14(17-12)8-15(20)18(3)4/h10-11,13H,6-9,16H2,1-5H3. The molecule has 21 heavy (non-hydrogen) atoms. The summed E-state index contributed by atoms with van der Waals surface area (Å²) in [5.41, 5.74) is 7.09. The first kappa shape index (κ1) is 18.1. The van der Waals surface area contributed by atoms with Crippen LogP contribution in [0.3, 0.4) is 0 Å². The van der Waals surface area contributed by atoms with Gasteiger partial charge in [-0.15, -0.1) is 11.3 Å². The summed E-state index contributed by atoms with van der Waals surface area (Å²) in [7, 11) is 5.61. The SMILES string of the molecule is CC(C)C(N)CCN(C)Cc1csc(CC(=O)N(C)C)n1. The molecule has 0 saturated carbocycles. The lowest BCUT2D eigenvalue weighted by atomic mass is 10.0. The number of hydrogen-bond acceptors (Lipinski definition) is 5. The van der Waals surface area contributed by atoms with Crippen LogP contribution in [0.2, 0.25) is 0 Å². The van der Waals surface area contributed by atoms with Crippen LogP contribution in [0.1, 0.15) is 31.0 Å². The third kappa shape index (κ3) is 6.54. The molecule has 0 aliphatic rings. The van der Waals surface area contributed by atoms with E-state index in [0.717, 1.165) is 30.2 Å². The molecule has 0 fully saturated rings. The summed E-state index contributed by atoms with van der Waals surface area (Å²) in [4.78, 5) is 20.0. The van der Waals surface area contributed by atoms with E-state index in [2.05, 4.69) is 30.8 Å². The quantitative estimate of drug-likeness (QED) is 0.791. The van der Waals surface area contributed by atoms with E-state index in [9.17, 15) is 4.79 Å². The van der Waals surface area contributed by atoms with Crippen molar-refractivity contribution in [3.63, 3.8) is 0 Å². The second-order valence-electron chi connectivity index (χ2n) is 6.13. The molecule has 0 saturated heterocycles. The zero-order chi connectivity index (χ0) is 16.0. The van der Waals surface area contributed by atoms with E-state index in [-0.39, 0.29) is 11.9 Å². The van der Waals surface area contributed by atoms with E-state index in [0.29, 0.717) is 12.3 Å². The van der Waals surface area contributed by atoms with Gasteiger partial charge in [0.15, 0.2) is 0 Å². The van der Waals surface area contributed by atoms with Crippen molar-refractivity contribution in [3.05, 3.63) is 16.1 Å². The lowest BCUT2D eigenvalue weighted by molar-refractivity contribution is -0.127. The van der Waals surface area contributed by atoms with Crippen LogP contribution in [0.4, 0.5) is 0 Å². The summed E-state index contributed by atoms with van der Waals surface area (Å²) >= 11 is 1.56. The highest BCUT2D eigenvalue weighted by Crippen LogP contribution is 2.13. The van der Waals surface area contributed by atoms with Gasteiger partial charge in [0, 0.05) is 32.1 Å². The van der Waals surface area contributed by atoms with Gasteiger partial charge in [0.05, 0.1) is 12.1 Å². The molecule has 2 N–H and O–H groups in total. The van der Waals surface area contributed by atoms with Crippen molar-refractivity contribution in [2.24, 2.45) is 11.7 Å². The van der Waals surface area contributed by atoms with Crippen LogP contribution in [0.25, 0.3) is 0 Å². The Bertz CT molecular complexity index is 445. The highest BCUT2D eigenvalue weighted by Gasteiger charge is 2.12. The molecule has 5 nitrogen and oxygen atoms in total. The highest BCUT2D eigenvalue weighted by atomic mass is 32.1. The monoisotopic (exact) mass is 312 g/mol. The van der Waals surface area contributed by atoms with Crippen LogP contribution in [0.5, 0.6) is 0 Å². The third-order valence-electron chi connectivity index (χ3n) is 3.53. The lowest BCUT2D eigenvalue weighted by Crippen LogP contribution is -2.31. The topological polar surface area (TPSA) is 62.5 Å². The van der Waals surface area contributed by atoms with E-state index in [1.807, 2.05) is 5.38 Å². The number of aromatic nitrogens is 1. The van der Waals surface area contributed by atoms with Gasteiger partial charge in [-0.3, -0.25) is 4.79 Å². The molecule has 1 rings (SSSR count). The van der Waals surface area contributed by atoms with Gasteiger partial charge in [-0.05, 0) is 25.9 Å². The molecule has 1 unspecified atom stereocenters. The zero-order valence-corrected chi connectivity index (χ0v) is 14.6. The van der Waals surface area contributed by atoms with Crippen molar-refractivity contribution >= 4 is 17.2 Å². The number of hydrogen-bond donors (Lipinski definition) is 1. The van der Waals surface area contributed by atoms with E-state index in [1.165, 1.54) is 0 Å². The number of rotatable bonds is 8. The molecule has 0 bridgehead atoms. The van der Waals surface area contributed by atoms with Crippen LogP contribution in [-0.2, 0) is 17.8 Å². The summed E-state index contributed by atoms with van der Waals surface area (Å²) in [6.07, 6.45) is 1.38. The predicted octanol–water partition coefficient (Wildman–Crippen LogP) is 1.58. The Kier molecular flexibility index (Phi) is 7.28. The third-order valence-corrected chi connectivity index (χ3v) is 4.43. The minimum atomic E-state index is 0.0900. The molecule has 1 atom stereocenters. The second kappa shape index (κ2) is 8.46. The Hall–Kier alpha value is -0.980. The van der Waals surface area contributed by atoms with Gasteiger partial charge >= 0.3 is 0 Å². The molecule has 1 heterocycles. The predicted molar refractivity (Wildman–Crippen MR) is 88.3 cm³/mol. The van der Waals surface area contributed by atoms with E-state index in [1.54, 1.807) is 30.3 Å². The number of amides is 1. The summed E-state index contributed by atoms with van der Waals surface area (Å²) in [6.45, 7) is 6.07. The van der Waals surface area contributed by atoms with Gasteiger partial charge in [0.1, 0.15) is 5.01 Å². The Morgan fingerprint density at radius 3 is 2.62 bits per heavy atom. The smallest absolute Gasteiger partial charge is 0.228 e. The fourth-order valence-electron chi connectivity index (χ4n) is 1.85. The minimum absolute atomic E-state index is 0.0900. The van der Waals surface area contributed by atoms with Crippen molar-refractivity contribution in [2.45, 2.75) is 39.3 Å². The van der Waals surface area contributed by atoms with Crippen molar-refractivity contribution in [1.82, 2.24) is 14.8 Å². The molecular weight excluding hydrogens is 284 g/mol. The summed E-state index contributed by atoms with van der Waals surface area (Å²) in [6, 6.07) is 0.246. The van der Waals surface area contributed by atoms with E-state index in [4.69, 9.17) is 5.73 Å². The average Bonchev–Trinajstić information content (AvgIpc) is 2.82. The van der Waals surface area contributed by atoms with Crippen LogP contribution < -0.4 is 5.73 Å². The van der Waals surface area contributed by atoms with Crippen LogP contribution in [0, 0.1) is 5.92 Å². The molecule has 0 aromatic carbocycles. The van der Waals surface area contributed by atoms with Crippen LogP contribution >= 0.6 is 11.3 Å². The van der Waals surface area contributed by atoms with Crippen molar-refractivity contribution in [1.29, 1.82) is 0 Å². The first-order valence-electron chi connectivity index (χ1n) is 7.37. The summed E-state index contributed by atoms with van der Waals surface area (Å²) in [5.74, 6) is 0.605. The Morgan fingerprint density at radius 1 is 1.38 bits per heavy atom. The molecule has 0 spiro atoms. The Balaban J connectivity index is 2.41. The summed E-state index contributed by atoms with van der Waals surface area (Å²) < 4.78 is 0. The fourth-order valence-corrected chi connectivity index (χ4v) is 2.62. The van der Waals surface area contributed by atoms with Gasteiger partial charge in [-0.25, -0.2) is 4.98 Å². The minimum Gasteiger partial charge on any atom is -0.348 e. The molecule has 0 aliphatic carbocycles. The fraction of sp³-hybridized carbons (Fsp3) is 0.733. The second-order valence-corrected chi connectivity index (χ2v) is 7.07. The lowest BCUT2D eigenvalue weighted by Gasteiger charge is -2.20. The zero-order valence-electron chi connectivity index (χ0n) is 13.8. The maximum atomic E-state index is 11.7. The van der Waals surface area contributed by atoms with Gasteiger partial charge in [0.2, 0.25) is 5.91 Å². The molecular formula is C15H28N4OS. The van der Waals surface area contributed by atoms with E-state index >= 15 is 0 Å². The molecule has 1 aromatic heterocycles. The molecule has 0 radical (unpaired) electrons. The average molecular weight is 312 g/mol. The molecule has 6 heteroatoms. The molecule has 1 amide bonds. The molecule has 120 valence electrons. The van der Waals surface area contributed by atoms with Crippen LogP contribution in [-0.4, -0.2) is 54.4 Å². The largest absolute Gasteiger partial charge is 0.348 e. The maximum absolute atomic E-state index is 11.7. The van der Waals surface area contributed by atoms with Crippen molar-refractivity contribution in [2.75, 3.05) is 27.7 Å². The normalized spacial score (nSPS) is 13.0. The van der Waals surface area contributed by atoms with Crippen molar-refractivity contribution < 1.29 is 4.79 Å². The number of nitrogens with two attached hydrogens (primary N) is 1. The Labute approximate surface area is 132 Å². The first-order chi connectivity index (χ1) is 9.79. The number of carbonyl (C=O) groups excluding carboxylic acids is 1. The number of thiazole rings is 1. The first-order valence-corrected chi connectivity index (χ1v) is 8.25. The van der Waals surface area contributed by atoms with Gasteiger partial charge in [-0.1, -0.05) is 13.8 Å². The van der Waals surface area contributed by atoms with E-state index < -0.39 is 0 Å². The van der Waals surface area contributed by atoms with Gasteiger partial charge in [-0.2, -0.15) is 0 Å². The van der Waals surface area contributed by atoms with Crippen LogP contribution in [0.15, 0.2) is 5.38 Å². The van der Waals surface area contributed by atoms with Gasteiger partial charge in [0.25, 0.3) is 0 Å². The molecule has 1 aromatic rings. The van der Waals surface area contributed by atoms with Crippen molar-refractivity contribution in [3.8, 4) is 0 Å². The highest BCUT2D eigenvalue weighted by molar-refractivity contribution is 7.09. The number of likely N-dealkylation sites (N-methyl/N-ethyl adjacent to an activating group) is 1. The molecule has 0 aliphatic heterocycles. The number of nitrogens with zero attached hydrogens (tertiary/aromatic N) is 3. The van der Waals surface area contributed by atoms with Gasteiger partial charge < -0.3 is 15.5 Å².